The molecular weight excluding hydrogens is 368 g/mol. The van der Waals surface area contributed by atoms with Crippen LogP contribution in [0.15, 0.2) is 10.8 Å². The van der Waals surface area contributed by atoms with Crippen LogP contribution in [0.25, 0.3) is 0 Å². The minimum absolute atomic E-state index is 0.0295. The van der Waals surface area contributed by atoms with Gasteiger partial charge in [0.1, 0.15) is 17.4 Å². The highest BCUT2D eigenvalue weighted by Crippen LogP contribution is 2.28. The Kier molecular flexibility index (Phi) is 7.82. The molecule has 0 aromatic carbocycles. The van der Waals surface area contributed by atoms with E-state index < -0.39 is 10.2 Å². The first-order valence-electron chi connectivity index (χ1n) is 6.09. The zero-order valence-corrected chi connectivity index (χ0v) is 13.8. The molecule has 0 aliphatic heterocycles. The Labute approximate surface area is 131 Å². The van der Waals surface area contributed by atoms with E-state index in [1.165, 1.54) is 0 Å². The summed E-state index contributed by atoms with van der Waals surface area (Å²) in [4.78, 5) is 7.64. The molecule has 0 fully saturated rings. The molecule has 3 N–H and O–H groups in total. The lowest BCUT2D eigenvalue weighted by atomic mass is 10.6. The zero-order chi connectivity index (χ0) is 15.7. The second-order valence-electron chi connectivity index (χ2n) is 3.61. The molecule has 0 amide bonds. The Morgan fingerprint density at radius 3 is 2.81 bits per heavy atom. The third-order valence-electron chi connectivity index (χ3n) is 2.06. The molecule has 0 atom stereocenters. The van der Waals surface area contributed by atoms with Gasteiger partial charge in [0.15, 0.2) is 5.82 Å². The summed E-state index contributed by atoms with van der Waals surface area (Å²) in [6.07, 6.45) is 1.15. The molecule has 9 nitrogen and oxygen atoms in total. The maximum absolute atomic E-state index is 11.8. The molecule has 0 aliphatic carbocycles. The van der Waals surface area contributed by atoms with Crippen molar-refractivity contribution in [3.8, 4) is 5.88 Å². The van der Waals surface area contributed by atoms with E-state index in [2.05, 4.69) is 35.3 Å². The number of aromatic nitrogens is 2. The fourth-order valence-electron chi connectivity index (χ4n) is 1.22. The average molecular weight is 385 g/mol. The third kappa shape index (κ3) is 6.52. The Bertz CT molecular complexity index is 542. The van der Waals surface area contributed by atoms with E-state index in [1.54, 1.807) is 0 Å². The van der Waals surface area contributed by atoms with Crippen LogP contribution in [0.3, 0.4) is 0 Å². The van der Waals surface area contributed by atoms with Crippen LogP contribution in [0, 0.1) is 0 Å². The zero-order valence-electron chi connectivity index (χ0n) is 11.4. The summed E-state index contributed by atoms with van der Waals surface area (Å²) < 4.78 is 38.6. The molecule has 0 saturated carbocycles. The van der Waals surface area contributed by atoms with Crippen LogP contribution in [-0.4, -0.2) is 56.5 Å². The van der Waals surface area contributed by atoms with Gasteiger partial charge in [0.2, 0.25) is 5.88 Å². The van der Waals surface area contributed by atoms with Crippen molar-refractivity contribution in [2.45, 2.75) is 6.92 Å². The van der Waals surface area contributed by atoms with E-state index in [-0.39, 0.29) is 42.5 Å². The van der Waals surface area contributed by atoms with Gasteiger partial charge in [-0.15, -0.1) is 0 Å². The van der Waals surface area contributed by atoms with Gasteiger partial charge in [-0.2, -0.15) is 13.1 Å². The first-order valence-corrected chi connectivity index (χ1v) is 8.37. The highest BCUT2D eigenvalue weighted by atomic mass is 79.9. The molecule has 1 rings (SSSR count). The Hall–Kier alpha value is -1.01. The van der Waals surface area contributed by atoms with Gasteiger partial charge in [-0.25, -0.2) is 9.97 Å². The SMILES string of the molecule is CCOCCNS(=O)(=O)Nc1ncnc(OCCO)c1Br. The minimum Gasteiger partial charge on any atom is -0.474 e. The number of aliphatic hydroxyl groups is 1. The number of nitrogens with zero attached hydrogens (tertiary/aromatic N) is 2. The number of anilines is 1. The molecule has 1 heterocycles. The molecule has 0 saturated heterocycles. The van der Waals surface area contributed by atoms with E-state index in [1.807, 2.05) is 6.92 Å². The van der Waals surface area contributed by atoms with Crippen molar-refractivity contribution in [3.63, 3.8) is 0 Å². The summed E-state index contributed by atoms with van der Waals surface area (Å²) in [5.74, 6) is 0.160. The lowest BCUT2D eigenvalue weighted by Gasteiger charge is -2.11. The predicted octanol–water partition coefficient (Wildman–Crippen LogP) is -0.107. The van der Waals surface area contributed by atoms with Gasteiger partial charge in [0.25, 0.3) is 10.2 Å². The summed E-state index contributed by atoms with van der Waals surface area (Å²) in [6, 6.07) is 0. The van der Waals surface area contributed by atoms with Gasteiger partial charge in [-0.05, 0) is 22.9 Å². The smallest absolute Gasteiger partial charge is 0.300 e. The number of aliphatic hydroxyl groups excluding tert-OH is 1. The second-order valence-corrected chi connectivity index (χ2v) is 5.90. The van der Waals surface area contributed by atoms with Gasteiger partial charge in [0, 0.05) is 13.2 Å². The van der Waals surface area contributed by atoms with Crippen molar-refractivity contribution in [1.29, 1.82) is 0 Å². The molecule has 1 aromatic rings. The lowest BCUT2D eigenvalue weighted by molar-refractivity contribution is 0.153. The molecule has 0 aliphatic rings. The van der Waals surface area contributed by atoms with E-state index in [4.69, 9.17) is 14.6 Å². The van der Waals surface area contributed by atoms with Crippen LogP contribution in [0.1, 0.15) is 6.92 Å². The molecule has 120 valence electrons. The Balaban J connectivity index is 2.68. The van der Waals surface area contributed by atoms with Crippen molar-refractivity contribution in [2.75, 3.05) is 37.7 Å². The quantitative estimate of drug-likeness (QED) is 0.481. The summed E-state index contributed by atoms with van der Waals surface area (Å²) >= 11 is 3.15. The van der Waals surface area contributed by atoms with Gasteiger partial charge in [-0.3, -0.25) is 4.72 Å². The van der Waals surface area contributed by atoms with Gasteiger partial charge >= 0.3 is 0 Å². The number of halogens is 1. The standard InChI is InChI=1S/C10H17BrN4O5S/c1-2-19-5-3-14-21(17,18)15-9-8(11)10(13-7-12-9)20-6-4-16/h7,14,16H,2-6H2,1H3,(H,12,13,15). The van der Waals surface area contributed by atoms with Gasteiger partial charge in [-0.1, -0.05) is 0 Å². The lowest BCUT2D eigenvalue weighted by Crippen LogP contribution is -2.33. The number of hydrogen-bond acceptors (Lipinski definition) is 7. The van der Waals surface area contributed by atoms with E-state index in [9.17, 15) is 8.42 Å². The second kappa shape index (κ2) is 9.10. The summed E-state index contributed by atoms with van der Waals surface area (Å²) in [5, 5.41) is 8.70. The molecule has 1 aromatic heterocycles. The fraction of sp³-hybridized carbons (Fsp3) is 0.600. The minimum atomic E-state index is -3.78. The highest BCUT2D eigenvalue weighted by Gasteiger charge is 2.16. The van der Waals surface area contributed by atoms with E-state index >= 15 is 0 Å². The first kappa shape index (κ1) is 18.0. The summed E-state index contributed by atoms with van der Waals surface area (Å²) in [6.45, 7) is 2.59. The maximum Gasteiger partial charge on any atom is 0.300 e. The van der Waals surface area contributed by atoms with Crippen LogP contribution in [0.4, 0.5) is 5.82 Å². The number of ether oxygens (including phenoxy) is 2. The molecule has 0 bridgehead atoms. The molecule has 0 unspecified atom stereocenters. The fourth-order valence-corrected chi connectivity index (χ4v) is 2.61. The van der Waals surface area contributed by atoms with E-state index in [0.717, 1.165) is 6.33 Å². The Morgan fingerprint density at radius 2 is 2.14 bits per heavy atom. The number of hydrogen-bond donors (Lipinski definition) is 3. The Morgan fingerprint density at radius 1 is 1.38 bits per heavy atom. The van der Waals surface area contributed by atoms with Crippen molar-refractivity contribution in [3.05, 3.63) is 10.8 Å². The van der Waals surface area contributed by atoms with Crippen LogP contribution < -0.4 is 14.2 Å². The van der Waals surface area contributed by atoms with Crippen LogP contribution in [0.2, 0.25) is 0 Å². The molecule has 21 heavy (non-hydrogen) atoms. The molecular formula is C10H17BrN4O5S. The van der Waals surface area contributed by atoms with Crippen LogP contribution in [-0.2, 0) is 14.9 Å². The maximum atomic E-state index is 11.8. The third-order valence-corrected chi connectivity index (χ3v) is 3.82. The van der Waals surface area contributed by atoms with Crippen LogP contribution in [0.5, 0.6) is 5.88 Å². The van der Waals surface area contributed by atoms with Crippen molar-refractivity contribution in [2.24, 2.45) is 0 Å². The summed E-state index contributed by atoms with van der Waals surface area (Å²) in [5.41, 5.74) is 0. The van der Waals surface area contributed by atoms with Crippen molar-refractivity contribution < 1.29 is 23.0 Å². The van der Waals surface area contributed by atoms with Crippen molar-refractivity contribution >= 4 is 32.0 Å². The number of nitrogens with one attached hydrogen (secondary N) is 2. The van der Waals surface area contributed by atoms with Gasteiger partial charge in [0.05, 0.1) is 13.2 Å². The van der Waals surface area contributed by atoms with E-state index in [0.29, 0.717) is 6.61 Å². The number of rotatable bonds is 10. The van der Waals surface area contributed by atoms with Gasteiger partial charge < -0.3 is 14.6 Å². The molecule has 0 spiro atoms. The first-order chi connectivity index (χ1) is 10.00. The van der Waals surface area contributed by atoms with Crippen LogP contribution >= 0.6 is 15.9 Å². The average Bonchev–Trinajstić information content (AvgIpc) is 2.44. The summed E-state index contributed by atoms with van der Waals surface area (Å²) in [7, 11) is -3.78. The normalized spacial score (nSPS) is 11.4. The monoisotopic (exact) mass is 384 g/mol. The highest BCUT2D eigenvalue weighted by molar-refractivity contribution is 9.10. The molecule has 11 heteroatoms. The van der Waals surface area contributed by atoms with Crippen molar-refractivity contribution in [1.82, 2.24) is 14.7 Å². The predicted molar refractivity (Wildman–Crippen MR) is 79.4 cm³/mol. The largest absolute Gasteiger partial charge is 0.474 e. The molecule has 0 radical (unpaired) electrons. The topological polar surface area (TPSA) is 123 Å².